The molecule has 0 fully saturated rings. The van der Waals surface area contributed by atoms with Crippen LogP contribution < -0.4 is 9.47 Å². The molecule has 0 atom stereocenters. The van der Waals surface area contributed by atoms with E-state index in [0.29, 0.717) is 0 Å². The van der Waals surface area contributed by atoms with Crippen LogP contribution in [0.2, 0.25) is 5.02 Å². The Morgan fingerprint density at radius 2 is 1.71 bits per heavy atom. The lowest BCUT2D eigenvalue weighted by molar-refractivity contribution is 0.103. The molecule has 0 aliphatic carbocycles. The van der Waals surface area contributed by atoms with Gasteiger partial charge in [-0.1, -0.05) is 27.5 Å². The summed E-state index contributed by atoms with van der Waals surface area (Å²) in [6.45, 7) is 0. The Morgan fingerprint density at radius 3 is 2.29 bits per heavy atom. The number of methoxy groups -OCH3 is 2. The molecule has 0 bridgehead atoms. The van der Waals surface area contributed by atoms with Gasteiger partial charge < -0.3 is 9.47 Å². The Morgan fingerprint density at radius 1 is 1.10 bits per heavy atom. The molecule has 0 unspecified atom stereocenters. The molecule has 0 aromatic heterocycles. The van der Waals surface area contributed by atoms with E-state index in [9.17, 15) is 9.18 Å². The first-order valence-corrected chi connectivity index (χ1v) is 7.06. The first kappa shape index (κ1) is 15.8. The Bertz CT molecular complexity index is 704. The van der Waals surface area contributed by atoms with E-state index < -0.39 is 11.6 Å². The van der Waals surface area contributed by atoms with Crippen molar-refractivity contribution >= 4 is 33.3 Å². The number of rotatable bonds is 4. The molecule has 0 N–H and O–H groups in total. The Labute approximate surface area is 134 Å². The second kappa shape index (κ2) is 6.45. The third kappa shape index (κ3) is 3.19. The summed E-state index contributed by atoms with van der Waals surface area (Å²) < 4.78 is 24.9. The van der Waals surface area contributed by atoms with Crippen LogP contribution in [-0.4, -0.2) is 20.0 Å². The fourth-order valence-corrected chi connectivity index (χ4v) is 2.61. The number of carbonyl (C=O) groups excluding carboxylic acids is 1. The number of hydrogen-bond acceptors (Lipinski definition) is 3. The van der Waals surface area contributed by atoms with Gasteiger partial charge in [0.15, 0.2) is 17.3 Å². The van der Waals surface area contributed by atoms with Crippen molar-refractivity contribution in [2.24, 2.45) is 0 Å². The summed E-state index contributed by atoms with van der Waals surface area (Å²) in [6, 6.07) is 7.18. The summed E-state index contributed by atoms with van der Waals surface area (Å²) >= 11 is 9.28. The summed E-state index contributed by atoms with van der Waals surface area (Å²) in [4.78, 5) is 12.4. The van der Waals surface area contributed by atoms with Crippen molar-refractivity contribution in [1.82, 2.24) is 0 Å². The molecule has 3 nitrogen and oxygen atoms in total. The van der Waals surface area contributed by atoms with Crippen LogP contribution in [0.5, 0.6) is 11.5 Å². The van der Waals surface area contributed by atoms with Crippen molar-refractivity contribution in [3.63, 3.8) is 0 Å². The number of benzene rings is 2. The molecule has 0 aliphatic rings. The third-order valence-corrected chi connectivity index (χ3v) is 3.70. The number of ketones is 1. The highest BCUT2D eigenvalue weighted by Gasteiger charge is 2.20. The zero-order chi connectivity index (χ0) is 15.6. The van der Waals surface area contributed by atoms with E-state index in [4.69, 9.17) is 21.1 Å². The minimum Gasteiger partial charge on any atom is -0.493 e. The van der Waals surface area contributed by atoms with Crippen molar-refractivity contribution in [1.29, 1.82) is 0 Å². The molecule has 110 valence electrons. The van der Waals surface area contributed by atoms with Gasteiger partial charge in [-0.15, -0.1) is 0 Å². The van der Waals surface area contributed by atoms with Gasteiger partial charge in [0.25, 0.3) is 0 Å². The molecule has 0 saturated carbocycles. The fraction of sp³-hybridized carbons (Fsp3) is 0.133. The molecule has 0 spiro atoms. The van der Waals surface area contributed by atoms with E-state index >= 15 is 0 Å². The molecule has 0 aliphatic heterocycles. The van der Waals surface area contributed by atoms with Crippen LogP contribution in [0.3, 0.4) is 0 Å². The van der Waals surface area contributed by atoms with E-state index in [1.807, 2.05) is 0 Å². The zero-order valence-electron chi connectivity index (χ0n) is 11.2. The van der Waals surface area contributed by atoms with Crippen LogP contribution in [0, 0.1) is 5.82 Å². The molecule has 0 amide bonds. The van der Waals surface area contributed by atoms with Gasteiger partial charge in [-0.25, -0.2) is 4.39 Å². The van der Waals surface area contributed by atoms with Crippen LogP contribution in [-0.2, 0) is 0 Å². The van der Waals surface area contributed by atoms with Crippen LogP contribution in [0.1, 0.15) is 15.9 Å². The normalized spacial score (nSPS) is 10.3. The average molecular weight is 374 g/mol. The fourth-order valence-electron chi connectivity index (χ4n) is 1.85. The Kier molecular flexibility index (Phi) is 4.85. The number of carbonyl (C=O) groups is 1. The monoisotopic (exact) mass is 372 g/mol. The highest BCUT2D eigenvalue weighted by Crippen LogP contribution is 2.32. The molecule has 2 aromatic rings. The molecule has 2 aromatic carbocycles. The number of halogens is 3. The first-order chi connectivity index (χ1) is 9.97. The number of hydrogen-bond donors (Lipinski definition) is 0. The average Bonchev–Trinajstić information content (AvgIpc) is 2.46. The van der Waals surface area contributed by atoms with E-state index in [0.717, 1.165) is 10.5 Å². The summed E-state index contributed by atoms with van der Waals surface area (Å²) in [5.74, 6) is -0.730. The zero-order valence-corrected chi connectivity index (χ0v) is 13.6. The predicted octanol–water partition coefficient (Wildman–Crippen LogP) is 4.49. The van der Waals surface area contributed by atoms with E-state index in [1.165, 1.54) is 26.4 Å². The van der Waals surface area contributed by atoms with Crippen LogP contribution in [0.25, 0.3) is 0 Å². The SMILES string of the molecule is COc1cc(F)c(C(=O)c2ccc(Br)cc2Cl)cc1OC. The van der Waals surface area contributed by atoms with E-state index in [1.54, 1.807) is 12.1 Å². The van der Waals surface area contributed by atoms with Crippen molar-refractivity contribution in [2.75, 3.05) is 14.2 Å². The van der Waals surface area contributed by atoms with E-state index in [-0.39, 0.29) is 27.6 Å². The Hall–Kier alpha value is -1.59. The largest absolute Gasteiger partial charge is 0.493 e. The Balaban J connectivity index is 2.53. The molecule has 0 heterocycles. The summed E-state index contributed by atoms with van der Waals surface area (Å²) in [5, 5.41) is 0.239. The molecular weight excluding hydrogens is 363 g/mol. The summed E-state index contributed by atoms with van der Waals surface area (Å²) in [5.41, 5.74) is 0.0860. The minimum absolute atomic E-state index is 0.128. The maximum absolute atomic E-state index is 14.1. The molecule has 0 saturated heterocycles. The highest BCUT2D eigenvalue weighted by atomic mass is 79.9. The topological polar surface area (TPSA) is 35.5 Å². The molecule has 21 heavy (non-hydrogen) atoms. The lowest BCUT2D eigenvalue weighted by atomic mass is 10.0. The molecule has 6 heteroatoms. The maximum Gasteiger partial charge on any atom is 0.197 e. The van der Waals surface area contributed by atoms with Crippen LogP contribution in [0.4, 0.5) is 4.39 Å². The van der Waals surface area contributed by atoms with Gasteiger partial charge in [-0.3, -0.25) is 4.79 Å². The van der Waals surface area contributed by atoms with Gasteiger partial charge in [-0.05, 0) is 24.3 Å². The molecule has 0 radical (unpaired) electrons. The van der Waals surface area contributed by atoms with Crippen molar-refractivity contribution in [3.8, 4) is 11.5 Å². The highest BCUT2D eigenvalue weighted by molar-refractivity contribution is 9.10. The smallest absolute Gasteiger partial charge is 0.197 e. The standard InChI is InChI=1S/C15H11BrClFO3/c1-20-13-6-10(12(18)7-14(13)21-2)15(19)9-4-3-8(16)5-11(9)17/h3-7H,1-2H3. The van der Waals surface area contributed by atoms with Crippen molar-refractivity contribution in [3.05, 3.63) is 56.8 Å². The second-order valence-corrected chi connectivity index (χ2v) is 5.46. The van der Waals surface area contributed by atoms with E-state index in [2.05, 4.69) is 15.9 Å². The van der Waals surface area contributed by atoms with Crippen LogP contribution in [0.15, 0.2) is 34.8 Å². The minimum atomic E-state index is -0.698. The molecule has 2 rings (SSSR count). The lowest BCUT2D eigenvalue weighted by Crippen LogP contribution is -2.06. The number of ether oxygens (including phenoxy) is 2. The van der Waals surface area contributed by atoms with Gasteiger partial charge in [-0.2, -0.15) is 0 Å². The van der Waals surface area contributed by atoms with Crippen LogP contribution >= 0.6 is 27.5 Å². The predicted molar refractivity (Wildman–Crippen MR) is 82.1 cm³/mol. The first-order valence-electron chi connectivity index (χ1n) is 5.89. The van der Waals surface area contributed by atoms with Gasteiger partial charge in [0, 0.05) is 16.1 Å². The second-order valence-electron chi connectivity index (χ2n) is 4.14. The van der Waals surface area contributed by atoms with Gasteiger partial charge in [0.2, 0.25) is 0 Å². The van der Waals surface area contributed by atoms with Crippen molar-refractivity contribution in [2.45, 2.75) is 0 Å². The third-order valence-electron chi connectivity index (χ3n) is 2.89. The maximum atomic E-state index is 14.1. The van der Waals surface area contributed by atoms with Crippen molar-refractivity contribution < 1.29 is 18.7 Å². The van der Waals surface area contributed by atoms with Gasteiger partial charge in [0.05, 0.1) is 24.8 Å². The summed E-state index contributed by atoms with van der Waals surface area (Å²) in [6.07, 6.45) is 0. The van der Waals surface area contributed by atoms with Gasteiger partial charge in [0.1, 0.15) is 5.82 Å². The molecular formula is C15H11BrClFO3. The van der Waals surface area contributed by atoms with Gasteiger partial charge >= 0.3 is 0 Å². The summed E-state index contributed by atoms with van der Waals surface area (Å²) in [7, 11) is 2.81. The lowest BCUT2D eigenvalue weighted by Gasteiger charge is -2.11. The quantitative estimate of drug-likeness (QED) is 0.741.